The van der Waals surface area contributed by atoms with Gasteiger partial charge < -0.3 is 15.1 Å². The van der Waals surface area contributed by atoms with Crippen LogP contribution in [-0.4, -0.2) is 55.1 Å². The molecule has 5 nitrogen and oxygen atoms in total. The van der Waals surface area contributed by atoms with E-state index >= 15 is 0 Å². The van der Waals surface area contributed by atoms with Crippen molar-refractivity contribution in [2.45, 2.75) is 31.8 Å². The van der Waals surface area contributed by atoms with Gasteiger partial charge in [-0.05, 0) is 44.1 Å². The van der Waals surface area contributed by atoms with Gasteiger partial charge in [-0.3, -0.25) is 9.78 Å². The fraction of sp³-hybridized carbons (Fsp3) is 0.545. The molecule has 0 bridgehead atoms. The first-order chi connectivity index (χ1) is 14.3. The zero-order valence-corrected chi connectivity index (χ0v) is 20.2. The quantitative estimate of drug-likeness (QED) is 0.623. The highest BCUT2D eigenvalue weighted by atomic mass is 31.1. The summed E-state index contributed by atoms with van der Waals surface area (Å²) in [6.45, 7) is 9.49. The summed E-state index contributed by atoms with van der Waals surface area (Å²) >= 11 is 0. The van der Waals surface area contributed by atoms with E-state index in [9.17, 15) is 9.18 Å². The minimum absolute atomic E-state index is 0.0548. The summed E-state index contributed by atoms with van der Waals surface area (Å²) in [5, 5.41) is 2.44. The van der Waals surface area contributed by atoms with Gasteiger partial charge in [-0.1, -0.05) is 38.4 Å². The first kappa shape index (κ1) is 23.3. The molecule has 2 aromatic rings. The zero-order valence-electron chi connectivity index (χ0n) is 17.9. The maximum Gasteiger partial charge on any atom is 0.223 e. The predicted octanol–water partition coefficient (Wildman–Crippen LogP) is 3.74. The number of fused-ring (bicyclic) bond motifs is 1. The maximum atomic E-state index is 14.6. The molecule has 1 aromatic carbocycles. The third-order valence-electron chi connectivity index (χ3n) is 5.99. The molecular weight excluding hydrogens is 417 g/mol. The van der Waals surface area contributed by atoms with E-state index in [-0.39, 0.29) is 11.8 Å². The normalized spacial score (nSPS) is 15.7. The second kappa shape index (κ2) is 10.3. The number of anilines is 1. The van der Waals surface area contributed by atoms with Gasteiger partial charge in [0.25, 0.3) is 0 Å². The predicted molar refractivity (Wildman–Crippen MR) is 130 cm³/mol. The second-order valence-corrected chi connectivity index (χ2v) is 10.2. The molecule has 1 aliphatic rings. The molecular formula is C22H33FN4OP2. The van der Waals surface area contributed by atoms with E-state index in [1.165, 1.54) is 0 Å². The second-order valence-electron chi connectivity index (χ2n) is 7.88. The van der Waals surface area contributed by atoms with Gasteiger partial charge >= 0.3 is 0 Å². The Morgan fingerprint density at radius 3 is 2.60 bits per heavy atom. The van der Waals surface area contributed by atoms with Crippen molar-refractivity contribution < 1.29 is 9.18 Å². The smallest absolute Gasteiger partial charge is 0.223 e. The van der Waals surface area contributed by atoms with Crippen molar-refractivity contribution in [3.8, 4) is 0 Å². The lowest BCUT2D eigenvalue weighted by Gasteiger charge is -2.34. The molecule has 8 heteroatoms. The van der Waals surface area contributed by atoms with Gasteiger partial charge in [0, 0.05) is 54.9 Å². The molecule has 2 atom stereocenters. The summed E-state index contributed by atoms with van der Waals surface area (Å²) < 4.78 is 14.6. The summed E-state index contributed by atoms with van der Waals surface area (Å²) in [6, 6.07) is 7.68. The van der Waals surface area contributed by atoms with Gasteiger partial charge in [0.2, 0.25) is 5.91 Å². The van der Waals surface area contributed by atoms with Gasteiger partial charge in [0.1, 0.15) is 0 Å². The number of likely N-dealkylation sites (N-methyl/N-ethyl adjacent to an activating group) is 1. The van der Waals surface area contributed by atoms with Gasteiger partial charge in [0.15, 0.2) is 5.15 Å². The summed E-state index contributed by atoms with van der Waals surface area (Å²) in [7, 11) is 4.45. The van der Waals surface area contributed by atoms with Crippen LogP contribution in [-0.2, 0) is 9.95 Å². The third-order valence-corrected chi connectivity index (χ3v) is 6.61. The molecule has 1 N–H and O–H groups in total. The van der Waals surface area contributed by atoms with E-state index in [0.717, 1.165) is 56.6 Å². The Kier molecular flexibility index (Phi) is 8.01. The van der Waals surface area contributed by atoms with Crippen LogP contribution in [0.5, 0.6) is 0 Å². The van der Waals surface area contributed by atoms with Gasteiger partial charge in [0.05, 0.1) is 5.52 Å². The number of pyridine rings is 1. The van der Waals surface area contributed by atoms with Crippen LogP contribution in [0.3, 0.4) is 0 Å². The number of aromatic nitrogens is 1. The van der Waals surface area contributed by atoms with Crippen LogP contribution in [0.2, 0.25) is 0 Å². The van der Waals surface area contributed by atoms with E-state index in [1.54, 1.807) is 6.20 Å². The molecule has 0 aliphatic carbocycles. The number of nitrogens with one attached hydrogen (secondary N) is 1. The summed E-state index contributed by atoms with van der Waals surface area (Å²) in [5.41, 5.74) is 2.28. The number of hydrogen-bond donors (Lipinski definition) is 1. The Balaban J connectivity index is 1.64. The van der Waals surface area contributed by atoms with E-state index in [2.05, 4.69) is 52.4 Å². The highest BCUT2D eigenvalue weighted by molar-refractivity contribution is 7.38. The number of benzene rings is 1. The number of carbonyl (C=O) groups is 1. The molecule has 1 saturated heterocycles. The molecule has 30 heavy (non-hydrogen) atoms. The highest BCUT2D eigenvalue weighted by Gasteiger charge is 2.28. The van der Waals surface area contributed by atoms with Gasteiger partial charge in [-0.25, -0.2) is 4.39 Å². The summed E-state index contributed by atoms with van der Waals surface area (Å²) in [4.78, 5) is 21.6. The van der Waals surface area contributed by atoms with Crippen molar-refractivity contribution in [1.29, 1.82) is 0 Å². The Labute approximate surface area is 183 Å². The molecule has 1 amide bonds. The lowest BCUT2D eigenvalue weighted by atomic mass is 9.95. The zero-order chi connectivity index (χ0) is 21.7. The summed E-state index contributed by atoms with van der Waals surface area (Å²) in [5.74, 6) is 0.219. The van der Waals surface area contributed by atoms with Crippen LogP contribution >= 0.6 is 18.5 Å². The molecule has 3 rings (SSSR count). The number of halogens is 1. The van der Waals surface area contributed by atoms with Crippen LogP contribution in [0.15, 0.2) is 30.5 Å². The molecule has 0 radical (unpaired) electrons. The van der Waals surface area contributed by atoms with Crippen molar-refractivity contribution >= 4 is 41.0 Å². The number of hydrogen-bond acceptors (Lipinski definition) is 4. The van der Waals surface area contributed by atoms with E-state index in [1.807, 2.05) is 24.3 Å². The number of carbonyl (C=O) groups excluding carboxylic acids is 1. The molecule has 2 unspecified atom stereocenters. The van der Waals surface area contributed by atoms with Gasteiger partial charge in [-0.15, -0.1) is 0 Å². The molecule has 1 aromatic heterocycles. The fourth-order valence-corrected chi connectivity index (χ4v) is 4.61. The van der Waals surface area contributed by atoms with Crippen LogP contribution in [0.4, 0.5) is 10.1 Å². The van der Waals surface area contributed by atoms with Gasteiger partial charge in [-0.2, -0.15) is 0 Å². The number of nitrogens with zero attached hydrogens (tertiary/aromatic N) is 3. The lowest BCUT2D eigenvalue weighted by molar-refractivity contribution is -0.125. The maximum absolute atomic E-state index is 14.6. The van der Waals surface area contributed by atoms with Crippen LogP contribution in [0.1, 0.15) is 32.3 Å². The molecule has 1 aliphatic heterocycles. The third kappa shape index (κ3) is 5.46. The first-order valence-corrected chi connectivity index (χ1v) is 11.9. The topological polar surface area (TPSA) is 48.5 Å². The number of amides is 1. The number of piperidine rings is 1. The minimum Gasteiger partial charge on any atom is -0.371 e. The van der Waals surface area contributed by atoms with E-state index in [0.29, 0.717) is 17.6 Å². The van der Waals surface area contributed by atoms with E-state index < -0.39 is 5.15 Å². The SMILES string of the molecule is CCN(CC)CCNC(=O)C1CCN(c2ccc(C(F)(P)P)c3ncccc23)CC1. The molecule has 164 valence electrons. The molecule has 0 saturated carbocycles. The Morgan fingerprint density at radius 2 is 1.97 bits per heavy atom. The largest absolute Gasteiger partial charge is 0.371 e. The average molecular weight is 450 g/mol. The minimum atomic E-state index is -1.61. The Bertz CT molecular complexity index is 862. The molecule has 0 spiro atoms. The Morgan fingerprint density at radius 1 is 1.27 bits per heavy atom. The van der Waals surface area contributed by atoms with Crippen molar-refractivity contribution in [1.82, 2.24) is 15.2 Å². The van der Waals surface area contributed by atoms with Crippen LogP contribution in [0.25, 0.3) is 10.9 Å². The van der Waals surface area contributed by atoms with Crippen molar-refractivity contribution in [2.75, 3.05) is 44.2 Å². The molecule has 1 fully saturated rings. The average Bonchev–Trinajstić information content (AvgIpc) is 2.75. The monoisotopic (exact) mass is 450 g/mol. The van der Waals surface area contributed by atoms with E-state index in [4.69, 9.17) is 0 Å². The van der Waals surface area contributed by atoms with Crippen LogP contribution in [0, 0.1) is 5.92 Å². The van der Waals surface area contributed by atoms with Crippen molar-refractivity contribution in [2.24, 2.45) is 5.92 Å². The van der Waals surface area contributed by atoms with Crippen LogP contribution < -0.4 is 10.2 Å². The molecule has 2 heterocycles. The number of rotatable bonds is 8. The van der Waals surface area contributed by atoms with Crippen molar-refractivity contribution in [3.05, 3.63) is 36.0 Å². The standard InChI is InChI=1S/C22H33FN4OP2/c1-3-26(4-2)15-12-25-21(28)16-9-13-27(14-10-16)19-8-7-18(22(23,29)30)20-17(19)6-5-11-24-20/h5-8,11,16H,3-4,9-10,12-15,29-30H2,1-2H3,(H,25,28). The Hall–Kier alpha value is -1.35. The fourth-order valence-electron chi connectivity index (χ4n) is 4.15. The first-order valence-electron chi connectivity index (χ1n) is 10.7. The number of alkyl halides is 1. The van der Waals surface area contributed by atoms with Crippen molar-refractivity contribution in [3.63, 3.8) is 0 Å². The highest BCUT2D eigenvalue weighted by Crippen LogP contribution is 2.44. The lowest BCUT2D eigenvalue weighted by Crippen LogP contribution is -2.42. The summed E-state index contributed by atoms with van der Waals surface area (Å²) in [6.07, 6.45) is 3.34.